The lowest BCUT2D eigenvalue weighted by molar-refractivity contribution is 0.671. The van der Waals surface area contributed by atoms with Crippen LogP contribution < -0.4 is 0 Å². The third-order valence-electron chi connectivity index (χ3n) is 1.84. The quantitative estimate of drug-likeness (QED) is 0.494. The second-order valence-electron chi connectivity index (χ2n) is 3.07. The molecule has 1 aliphatic carbocycles. The van der Waals surface area contributed by atoms with Crippen molar-refractivity contribution in [3.63, 3.8) is 0 Å². The van der Waals surface area contributed by atoms with Gasteiger partial charge in [-0.2, -0.15) is 0 Å². The van der Waals surface area contributed by atoms with E-state index in [1.165, 1.54) is 0 Å². The number of hydrogen-bond acceptors (Lipinski definition) is 0. The summed E-state index contributed by atoms with van der Waals surface area (Å²) < 4.78 is 0. The van der Waals surface area contributed by atoms with Crippen LogP contribution in [0.1, 0.15) is 13.3 Å². The van der Waals surface area contributed by atoms with Crippen LogP contribution >= 0.6 is 0 Å². The highest BCUT2D eigenvalue weighted by molar-refractivity contribution is 5.41. The highest BCUT2D eigenvalue weighted by Gasteiger charge is 2.32. The summed E-state index contributed by atoms with van der Waals surface area (Å²) in [4.78, 5) is 9.93. The van der Waals surface area contributed by atoms with E-state index >= 15 is 0 Å². The van der Waals surface area contributed by atoms with Gasteiger partial charge in [0.25, 0.3) is 0 Å². The maximum atomic E-state index is 6.97. The van der Waals surface area contributed by atoms with E-state index in [1.54, 1.807) is 19.1 Å². The van der Waals surface area contributed by atoms with Crippen molar-refractivity contribution >= 4 is 0 Å². The van der Waals surface area contributed by atoms with Gasteiger partial charge in [-0.05, 0) is 0 Å². The van der Waals surface area contributed by atoms with Gasteiger partial charge in [-0.15, -0.1) is 0 Å². The molecule has 0 N–H and O–H groups in total. The van der Waals surface area contributed by atoms with Gasteiger partial charge < -0.3 is 4.85 Å². The molecule has 13 heavy (non-hydrogen) atoms. The predicted molar refractivity (Wildman–Crippen MR) is 49.0 cm³/mol. The van der Waals surface area contributed by atoms with Crippen LogP contribution in [0.15, 0.2) is 23.5 Å². The Morgan fingerprint density at radius 2 is 2.00 bits per heavy atom. The lowest BCUT2D eigenvalue weighted by Gasteiger charge is -2.16. The minimum Gasteiger partial charge on any atom is -0.309 e. The summed E-state index contributed by atoms with van der Waals surface area (Å²) in [5.74, 6) is 0. The molecule has 1 aliphatic rings. The molecule has 0 fully saturated rings. The van der Waals surface area contributed by atoms with E-state index < -0.39 is 5.54 Å². The van der Waals surface area contributed by atoms with Crippen LogP contribution in [-0.4, -0.2) is 5.54 Å². The van der Waals surface area contributed by atoms with Crippen LogP contribution in [0, 0.1) is 19.7 Å². The summed E-state index contributed by atoms with van der Waals surface area (Å²) in [7, 11) is 0. The molecule has 0 radical (unpaired) electrons. The number of nitrogens with zero attached hydrogens (tertiary/aromatic N) is 3. The maximum Gasteiger partial charge on any atom is 0.235 e. The van der Waals surface area contributed by atoms with Crippen LogP contribution in [-0.2, 0) is 0 Å². The van der Waals surface area contributed by atoms with Crippen LogP contribution in [0.25, 0.3) is 14.5 Å². The molecule has 1 atom stereocenters. The Hall–Kier alpha value is -2.05. The largest absolute Gasteiger partial charge is 0.309 e. The molecule has 0 bridgehead atoms. The first kappa shape index (κ1) is 9.04. The van der Waals surface area contributed by atoms with E-state index in [2.05, 4.69) is 14.5 Å². The molecule has 3 nitrogen and oxygen atoms in total. The fourth-order valence-electron chi connectivity index (χ4n) is 1.21. The molecule has 0 aromatic carbocycles. The molecule has 1 unspecified atom stereocenters. The highest BCUT2D eigenvalue weighted by Crippen LogP contribution is 2.30. The number of rotatable bonds is 0. The fourth-order valence-corrected chi connectivity index (χ4v) is 1.21. The minimum atomic E-state index is -0.700. The van der Waals surface area contributed by atoms with Crippen molar-refractivity contribution in [2.75, 3.05) is 0 Å². The van der Waals surface area contributed by atoms with E-state index in [0.29, 0.717) is 17.8 Å². The average Bonchev–Trinajstić information content (AvgIpc) is 2.17. The van der Waals surface area contributed by atoms with E-state index in [4.69, 9.17) is 19.7 Å². The predicted octanol–water partition coefficient (Wildman–Crippen LogP) is 2.67. The van der Waals surface area contributed by atoms with Crippen LogP contribution in [0.3, 0.4) is 0 Å². The molecule has 0 saturated heterocycles. The highest BCUT2D eigenvalue weighted by atomic mass is 14.8. The zero-order valence-electron chi connectivity index (χ0n) is 7.20. The van der Waals surface area contributed by atoms with Gasteiger partial charge in [0.05, 0.1) is 19.6 Å². The molecular weight excluding hydrogens is 162 g/mol. The van der Waals surface area contributed by atoms with Crippen molar-refractivity contribution in [1.29, 1.82) is 0 Å². The zero-order chi connectivity index (χ0) is 9.90. The van der Waals surface area contributed by atoms with Crippen molar-refractivity contribution in [3.8, 4) is 0 Å². The minimum absolute atomic E-state index is 0.399. The Kier molecular flexibility index (Phi) is 2.18. The Bertz CT molecular complexity index is 409. The molecule has 0 aromatic heterocycles. The van der Waals surface area contributed by atoms with E-state index in [-0.39, 0.29) is 0 Å². The summed E-state index contributed by atoms with van der Waals surface area (Å²) >= 11 is 0. The van der Waals surface area contributed by atoms with Crippen LogP contribution in [0.2, 0.25) is 0 Å². The first-order valence-corrected chi connectivity index (χ1v) is 3.70. The molecule has 3 heteroatoms. The van der Waals surface area contributed by atoms with Crippen LogP contribution in [0.5, 0.6) is 0 Å². The van der Waals surface area contributed by atoms with Gasteiger partial charge in [0, 0.05) is 13.0 Å². The first-order valence-electron chi connectivity index (χ1n) is 3.70. The molecule has 0 amide bonds. The van der Waals surface area contributed by atoms with Crippen molar-refractivity contribution in [3.05, 3.63) is 57.8 Å². The second kappa shape index (κ2) is 3.13. The SMILES string of the molecule is [C-]#[N+]C1=CC(C)([N+]#[C-])CC([N+]#[C-])=C1. The van der Waals surface area contributed by atoms with Crippen molar-refractivity contribution in [2.45, 2.75) is 18.9 Å². The standard InChI is InChI=1S/C10H7N3/c1-10(13-4)6-8(11-2)5-9(7-10)12-3/h5-6H,7H2,1H3. The molecule has 0 heterocycles. The summed E-state index contributed by atoms with van der Waals surface area (Å²) in [5, 5.41) is 0. The van der Waals surface area contributed by atoms with Gasteiger partial charge >= 0.3 is 0 Å². The maximum absolute atomic E-state index is 6.97. The van der Waals surface area contributed by atoms with Crippen LogP contribution in [0.4, 0.5) is 0 Å². The van der Waals surface area contributed by atoms with Crippen molar-refractivity contribution in [2.24, 2.45) is 0 Å². The molecule has 0 saturated carbocycles. The molecule has 0 aliphatic heterocycles. The Balaban J connectivity index is 3.15. The summed E-state index contributed by atoms with van der Waals surface area (Å²) in [6.45, 7) is 22.4. The smallest absolute Gasteiger partial charge is 0.235 e. The molecule has 1 rings (SSSR count). The third-order valence-corrected chi connectivity index (χ3v) is 1.84. The number of hydrogen-bond donors (Lipinski definition) is 0. The lowest BCUT2D eigenvalue weighted by Crippen LogP contribution is -2.19. The normalized spacial score (nSPS) is 26.0. The topological polar surface area (TPSA) is 13.1 Å². The Morgan fingerprint density at radius 1 is 1.31 bits per heavy atom. The summed E-state index contributed by atoms with van der Waals surface area (Å²) in [6, 6.07) is 0. The zero-order valence-corrected chi connectivity index (χ0v) is 7.20. The number of allylic oxidation sites excluding steroid dienone is 1. The van der Waals surface area contributed by atoms with Gasteiger partial charge in [-0.3, -0.25) is 0 Å². The molecule has 0 spiro atoms. The first-order chi connectivity index (χ1) is 6.13. The van der Waals surface area contributed by atoms with Crippen molar-refractivity contribution < 1.29 is 0 Å². The molecule has 62 valence electrons. The van der Waals surface area contributed by atoms with Gasteiger partial charge in [0.1, 0.15) is 0 Å². The van der Waals surface area contributed by atoms with Gasteiger partial charge in [-0.1, -0.05) is 6.08 Å². The third kappa shape index (κ3) is 1.75. The van der Waals surface area contributed by atoms with E-state index in [9.17, 15) is 0 Å². The Labute approximate surface area is 77.4 Å². The second-order valence-corrected chi connectivity index (χ2v) is 3.07. The summed E-state index contributed by atoms with van der Waals surface area (Å²) in [6.07, 6.45) is 3.59. The van der Waals surface area contributed by atoms with Gasteiger partial charge in [0.2, 0.25) is 5.54 Å². The monoisotopic (exact) mass is 169 g/mol. The lowest BCUT2D eigenvalue weighted by atomic mass is 9.91. The van der Waals surface area contributed by atoms with Gasteiger partial charge in [-0.25, -0.2) is 16.3 Å². The molecular formula is C10H7N3. The van der Waals surface area contributed by atoms with Crippen molar-refractivity contribution in [1.82, 2.24) is 0 Å². The Morgan fingerprint density at radius 3 is 2.46 bits per heavy atom. The van der Waals surface area contributed by atoms with E-state index in [0.717, 1.165) is 0 Å². The molecule has 0 aromatic rings. The van der Waals surface area contributed by atoms with E-state index in [1.807, 2.05) is 0 Å². The van der Waals surface area contributed by atoms with Gasteiger partial charge in [0.15, 0.2) is 11.4 Å². The summed E-state index contributed by atoms with van der Waals surface area (Å²) in [5.41, 5.74) is 0.192. The fraction of sp³-hybridized carbons (Fsp3) is 0.300. The average molecular weight is 169 g/mol.